The molecule has 0 saturated heterocycles. The van der Waals surface area contributed by atoms with E-state index in [1.54, 1.807) is 11.6 Å². The van der Waals surface area contributed by atoms with Crippen LogP contribution in [0.4, 0.5) is 4.39 Å². The average Bonchev–Trinajstić information content (AvgIpc) is 2.67. The summed E-state index contributed by atoms with van der Waals surface area (Å²) in [7, 11) is 0. The minimum atomic E-state index is -0.385. The zero-order valence-corrected chi connectivity index (χ0v) is 10.6. The van der Waals surface area contributed by atoms with Crippen molar-refractivity contribution in [3.8, 4) is 0 Å². The molecule has 2 rings (SSSR count). The van der Waals surface area contributed by atoms with Crippen molar-refractivity contribution in [2.45, 2.75) is 26.8 Å². The van der Waals surface area contributed by atoms with E-state index >= 15 is 0 Å². The highest BCUT2D eigenvalue weighted by atomic mass is 19.1. The Morgan fingerprint density at radius 2 is 1.89 bits per heavy atom. The van der Waals surface area contributed by atoms with Crippen LogP contribution in [0.5, 0.6) is 0 Å². The second-order valence-corrected chi connectivity index (χ2v) is 4.42. The van der Waals surface area contributed by atoms with Gasteiger partial charge in [0.15, 0.2) is 5.78 Å². The van der Waals surface area contributed by atoms with Crippen molar-refractivity contribution < 1.29 is 9.18 Å². The highest BCUT2D eigenvalue weighted by Gasteiger charge is 2.19. The molecule has 94 valence electrons. The zero-order valence-electron chi connectivity index (χ0n) is 10.6. The molecule has 18 heavy (non-hydrogen) atoms. The summed E-state index contributed by atoms with van der Waals surface area (Å²) in [5.74, 6) is -0.411. The summed E-state index contributed by atoms with van der Waals surface area (Å²) in [6.45, 7) is 5.60. The van der Waals surface area contributed by atoms with Crippen molar-refractivity contribution in [3.05, 3.63) is 53.1 Å². The van der Waals surface area contributed by atoms with Crippen molar-refractivity contribution in [1.82, 2.24) is 9.78 Å². The fourth-order valence-corrected chi connectivity index (χ4v) is 2.00. The van der Waals surface area contributed by atoms with Gasteiger partial charge in [0.1, 0.15) is 11.9 Å². The molecule has 0 N–H and O–H groups in total. The van der Waals surface area contributed by atoms with Crippen LogP contribution in [-0.4, -0.2) is 15.6 Å². The maximum absolute atomic E-state index is 12.8. The van der Waals surface area contributed by atoms with Crippen LogP contribution >= 0.6 is 0 Å². The average molecular weight is 246 g/mol. The van der Waals surface area contributed by atoms with Crippen molar-refractivity contribution in [3.63, 3.8) is 0 Å². The molecule has 1 unspecified atom stereocenters. The number of ketones is 1. The predicted octanol–water partition coefficient (Wildman–Crippen LogP) is 3.08. The van der Waals surface area contributed by atoms with E-state index < -0.39 is 0 Å². The molecule has 3 nitrogen and oxygen atoms in total. The van der Waals surface area contributed by atoms with E-state index in [1.807, 2.05) is 19.9 Å². The van der Waals surface area contributed by atoms with Crippen molar-refractivity contribution >= 4 is 5.78 Å². The lowest BCUT2D eigenvalue weighted by atomic mass is 10.1. The summed E-state index contributed by atoms with van der Waals surface area (Å²) < 4.78 is 14.5. The number of Topliss-reactive ketones (excluding diaryl/α,β-unsaturated/α-hetero) is 1. The van der Waals surface area contributed by atoms with E-state index in [0.29, 0.717) is 5.56 Å². The molecule has 0 radical (unpaired) electrons. The molecule has 1 heterocycles. The SMILES string of the molecule is Cc1cc(C)n(C(C)C(=O)c2ccc(F)cc2)n1. The lowest BCUT2D eigenvalue weighted by Gasteiger charge is -2.13. The number of rotatable bonds is 3. The smallest absolute Gasteiger partial charge is 0.187 e. The maximum Gasteiger partial charge on any atom is 0.187 e. The van der Waals surface area contributed by atoms with Crippen LogP contribution in [0.15, 0.2) is 30.3 Å². The standard InChI is InChI=1S/C14H15FN2O/c1-9-8-10(2)17(16-9)11(3)14(18)12-4-6-13(15)7-5-12/h4-8,11H,1-3H3. The Balaban J connectivity index is 2.29. The summed E-state index contributed by atoms with van der Waals surface area (Å²) in [5, 5.41) is 4.30. The largest absolute Gasteiger partial charge is 0.292 e. The van der Waals surface area contributed by atoms with Gasteiger partial charge in [-0.2, -0.15) is 5.10 Å². The van der Waals surface area contributed by atoms with Gasteiger partial charge in [0, 0.05) is 11.3 Å². The fourth-order valence-electron chi connectivity index (χ4n) is 2.00. The van der Waals surface area contributed by atoms with Crippen LogP contribution in [0, 0.1) is 19.7 Å². The molecule has 2 aromatic rings. The quantitative estimate of drug-likeness (QED) is 0.780. The number of benzene rings is 1. The predicted molar refractivity (Wildman–Crippen MR) is 67.1 cm³/mol. The topological polar surface area (TPSA) is 34.9 Å². The Morgan fingerprint density at radius 3 is 2.39 bits per heavy atom. The lowest BCUT2D eigenvalue weighted by Crippen LogP contribution is -2.19. The third-order valence-corrected chi connectivity index (χ3v) is 2.92. The molecular formula is C14H15FN2O. The Morgan fingerprint density at radius 1 is 1.28 bits per heavy atom. The molecule has 1 aromatic heterocycles. The van der Waals surface area contributed by atoms with Gasteiger partial charge in [-0.1, -0.05) is 0 Å². The van der Waals surface area contributed by atoms with E-state index in [1.165, 1.54) is 24.3 Å². The molecule has 0 fully saturated rings. The van der Waals surface area contributed by atoms with Gasteiger partial charge in [0.25, 0.3) is 0 Å². The number of halogens is 1. The second kappa shape index (κ2) is 4.72. The monoisotopic (exact) mass is 246 g/mol. The maximum atomic E-state index is 12.8. The fraction of sp³-hybridized carbons (Fsp3) is 0.286. The van der Waals surface area contributed by atoms with Crippen LogP contribution in [0.2, 0.25) is 0 Å². The normalized spacial score (nSPS) is 12.4. The molecule has 0 aliphatic carbocycles. The number of hydrogen-bond acceptors (Lipinski definition) is 2. The minimum absolute atomic E-state index is 0.0683. The van der Waals surface area contributed by atoms with Gasteiger partial charge in [-0.05, 0) is 51.1 Å². The number of nitrogens with zero attached hydrogens (tertiary/aromatic N) is 2. The molecule has 1 atom stereocenters. The molecule has 4 heteroatoms. The molecule has 0 amide bonds. The summed E-state index contributed by atoms with van der Waals surface area (Å²) >= 11 is 0. The Kier molecular flexibility index (Phi) is 3.28. The number of aromatic nitrogens is 2. The molecule has 1 aromatic carbocycles. The van der Waals surface area contributed by atoms with Gasteiger partial charge in [-0.25, -0.2) is 4.39 Å². The molecular weight excluding hydrogens is 231 g/mol. The Bertz CT molecular complexity index is 572. The van der Waals surface area contributed by atoms with Crippen LogP contribution < -0.4 is 0 Å². The summed E-state index contributed by atoms with van der Waals surface area (Å²) in [6.07, 6.45) is 0. The first-order valence-electron chi connectivity index (χ1n) is 5.81. The van der Waals surface area contributed by atoms with Crippen molar-refractivity contribution in [1.29, 1.82) is 0 Å². The number of hydrogen-bond donors (Lipinski definition) is 0. The lowest BCUT2D eigenvalue weighted by molar-refractivity contribution is 0.0926. The van der Waals surface area contributed by atoms with Crippen LogP contribution in [0.25, 0.3) is 0 Å². The van der Waals surface area contributed by atoms with Gasteiger partial charge in [-0.15, -0.1) is 0 Å². The van der Waals surface area contributed by atoms with Crippen LogP contribution in [-0.2, 0) is 0 Å². The highest BCUT2D eigenvalue weighted by Crippen LogP contribution is 2.16. The van der Waals surface area contributed by atoms with E-state index in [2.05, 4.69) is 5.10 Å². The van der Waals surface area contributed by atoms with Gasteiger partial charge >= 0.3 is 0 Å². The van der Waals surface area contributed by atoms with Crippen molar-refractivity contribution in [2.24, 2.45) is 0 Å². The van der Waals surface area contributed by atoms with E-state index in [-0.39, 0.29) is 17.6 Å². The summed E-state index contributed by atoms with van der Waals surface area (Å²) in [5.41, 5.74) is 2.32. The third-order valence-electron chi connectivity index (χ3n) is 2.92. The Hall–Kier alpha value is -1.97. The molecule has 0 spiro atoms. The first kappa shape index (κ1) is 12.5. The molecule has 0 bridgehead atoms. The molecule has 0 aliphatic rings. The van der Waals surface area contributed by atoms with Gasteiger partial charge in [-0.3, -0.25) is 9.48 Å². The van der Waals surface area contributed by atoms with Gasteiger partial charge < -0.3 is 0 Å². The highest BCUT2D eigenvalue weighted by molar-refractivity contribution is 5.98. The van der Waals surface area contributed by atoms with Gasteiger partial charge in [0.2, 0.25) is 0 Å². The Labute approximate surface area is 105 Å². The summed E-state index contributed by atoms with van der Waals surface area (Å²) in [4.78, 5) is 12.2. The number of carbonyl (C=O) groups excluding carboxylic acids is 1. The first-order chi connectivity index (χ1) is 8.49. The number of aryl methyl sites for hydroxylation is 2. The first-order valence-corrected chi connectivity index (χ1v) is 5.81. The third kappa shape index (κ3) is 2.32. The minimum Gasteiger partial charge on any atom is -0.292 e. The van der Waals surface area contributed by atoms with Crippen molar-refractivity contribution in [2.75, 3.05) is 0 Å². The van der Waals surface area contributed by atoms with Crippen LogP contribution in [0.1, 0.15) is 34.7 Å². The summed E-state index contributed by atoms with van der Waals surface area (Å²) in [6, 6.07) is 7.13. The van der Waals surface area contributed by atoms with E-state index in [0.717, 1.165) is 11.4 Å². The second-order valence-electron chi connectivity index (χ2n) is 4.42. The number of carbonyl (C=O) groups is 1. The zero-order chi connectivity index (χ0) is 13.3. The molecule has 0 saturated carbocycles. The van der Waals surface area contributed by atoms with E-state index in [4.69, 9.17) is 0 Å². The van der Waals surface area contributed by atoms with E-state index in [9.17, 15) is 9.18 Å². The molecule has 0 aliphatic heterocycles. The van der Waals surface area contributed by atoms with Crippen LogP contribution in [0.3, 0.4) is 0 Å². The van der Waals surface area contributed by atoms with Gasteiger partial charge in [0.05, 0.1) is 5.69 Å².